The van der Waals surface area contributed by atoms with E-state index in [1.165, 1.54) is 6.92 Å². The number of carbonyl (C=O) groups excluding carboxylic acids is 1. The van der Waals surface area contributed by atoms with Crippen LogP contribution in [0.5, 0.6) is 0 Å². The number of carbonyl (C=O) groups is 2. The molecule has 1 aromatic heterocycles. The van der Waals surface area contributed by atoms with Gasteiger partial charge in [-0.05, 0) is 44.2 Å². The first-order valence-corrected chi connectivity index (χ1v) is 6.45. The van der Waals surface area contributed by atoms with Crippen molar-refractivity contribution in [1.29, 1.82) is 0 Å². The summed E-state index contributed by atoms with van der Waals surface area (Å²) in [4.78, 5) is 27.5. The molecule has 102 valence electrons. The van der Waals surface area contributed by atoms with Crippen LogP contribution in [0.3, 0.4) is 0 Å². The molecule has 1 heterocycles. The SMILES string of the molecule is CC(CCc1cccnc1)(C(=O)O)C(=O)NC1CC1. The zero-order valence-electron chi connectivity index (χ0n) is 10.9. The Kier molecular flexibility index (Phi) is 3.83. The van der Waals surface area contributed by atoms with Crippen LogP contribution in [0.2, 0.25) is 0 Å². The Bertz CT molecular complexity index is 471. The normalized spacial score (nSPS) is 17.5. The Hall–Kier alpha value is -1.91. The molecule has 1 saturated carbocycles. The Morgan fingerprint density at radius 3 is 2.79 bits per heavy atom. The maximum Gasteiger partial charge on any atom is 0.318 e. The van der Waals surface area contributed by atoms with Crippen molar-refractivity contribution >= 4 is 11.9 Å². The standard InChI is InChI=1S/C14H18N2O3/c1-14(13(18)19,12(17)16-11-4-5-11)7-6-10-3-2-8-15-9-10/h2-3,8-9,11H,4-7H2,1H3,(H,16,17)(H,18,19). The smallest absolute Gasteiger partial charge is 0.318 e. The zero-order valence-corrected chi connectivity index (χ0v) is 10.9. The number of hydrogen-bond acceptors (Lipinski definition) is 3. The minimum Gasteiger partial charge on any atom is -0.480 e. The van der Waals surface area contributed by atoms with E-state index in [2.05, 4.69) is 10.3 Å². The predicted octanol–water partition coefficient (Wildman–Crippen LogP) is 1.38. The lowest BCUT2D eigenvalue weighted by Gasteiger charge is -2.23. The Labute approximate surface area is 112 Å². The van der Waals surface area contributed by atoms with Crippen LogP contribution in [0.15, 0.2) is 24.5 Å². The highest BCUT2D eigenvalue weighted by Gasteiger charge is 2.42. The molecule has 2 rings (SSSR count). The number of hydrogen-bond donors (Lipinski definition) is 2. The summed E-state index contributed by atoms with van der Waals surface area (Å²) in [5, 5.41) is 12.1. The second-order valence-electron chi connectivity index (χ2n) is 5.25. The summed E-state index contributed by atoms with van der Waals surface area (Å²) in [5.74, 6) is -1.46. The number of rotatable bonds is 6. The summed E-state index contributed by atoms with van der Waals surface area (Å²) in [6.07, 6.45) is 6.05. The van der Waals surface area contributed by atoms with Gasteiger partial charge in [0.05, 0.1) is 0 Å². The fourth-order valence-corrected chi connectivity index (χ4v) is 1.83. The molecule has 19 heavy (non-hydrogen) atoms. The average molecular weight is 262 g/mol. The van der Waals surface area contributed by atoms with Gasteiger partial charge in [-0.3, -0.25) is 14.6 Å². The van der Waals surface area contributed by atoms with Crippen LogP contribution in [-0.4, -0.2) is 28.0 Å². The van der Waals surface area contributed by atoms with Crippen LogP contribution in [0.1, 0.15) is 31.7 Å². The van der Waals surface area contributed by atoms with E-state index >= 15 is 0 Å². The molecule has 5 heteroatoms. The highest BCUT2D eigenvalue weighted by atomic mass is 16.4. The van der Waals surface area contributed by atoms with Gasteiger partial charge in [-0.25, -0.2) is 0 Å². The first-order valence-electron chi connectivity index (χ1n) is 6.45. The second kappa shape index (κ2) is 5.38. The van der Waals surface area contributed by atoms with Gasteiger partial charge in [0.1, 0.15) is 5.41 Å². The molecule has 0 saturated heterocycles. The van der Waals surface area contributed by atoms with Crippen LogP contribution >= 0.6 is 0 Å². The molecule has 1 amide bonds. The lowest BCUT2D eigenvalue weighted by atomic mass is 9.83. The molecule has 0 radical (unpaired) electrons. The molecule has 0 aromatic carbocycles. The fourth-order valence-electron chi connectivity index (χ4n) is 1.83. The van der Waals surface area contributed by atoms with Gasteiger partial charge in [-0.2, -0.15) is 0 Å². The van der Waals surface area contributed by atoms with E-state index in [0.717, 1.165) is 18.4 Å². The van der Waals surface area contributed by atoms with Gasteiger partial charge < -0.3 is 10.4 Å². The Morgan fingerprint density at radius 1 is 1.53 bits per heavy atom. The maximum atomic E-state index is 12.1. The van der Waals surface area contributed by atoms with Crippen molar-refractivity contribution in [3.8, 4) is 0 Å². The van der Waals surface area contributed by atoms with E-state index in [0.29, 0.717) is 6.42 Å². The summed E-state index contributed by atoms with van der Waals surface area (Å²) in [6.45, 7) is 1.49. The van der Waals surface area contributed by atoms with Crippen molar-refractivity contribution in [2.24, 2.45) is 5.41 Å². The van der Waals surface area contributed by atoms with Crippen molar-refractivity contribution in [3.63, 3.8) is 0 Å². The molecule has 0 aliphatic heterocycles. The maximum absolute atomic E-state index is 12.1. The lowest BCUT2D eigenvalue weighted by Crippen LogP contribution is -2.45. The van der Waals surface area contributed by atoms with Gasteiger partial charge in [-0.15, -0.1) is 0 Å². The number of pyridine rings is 1. The van der Waals surface area contributed by atoms with Crippen molar-refractivity contribution in [1.82, 2.24) is 10.3 Å². The van der Waals surface area contributed by atoms with Gasteiger partial charge in [0.15, 0.2) is 0 Å². The molecule has 1 atom stereocenters. The first kappa shape index (κ1) is 13.5. The zero-order chi connectivity index (χ0) is 13.9. The summed E-state index contributed by atoms with van der Waals surface area (Å²) in [6, 6.07) is 3.86. The molecule has 1 unspecified atom stereocenters. The highest BCUT2D eigenvalue weighted by molar-refractivity contribution is 6.01. The minimum atomic E-state index is -1.38. The quantitative estimate of drug-likeness (QED) is 0.759. The Balaban J connectivity index is 2.01. The molecule has 1 aromatic rings. The molecule has 1 fully saturated rings. The van der Waals surface area contributed by atoms with Crippen LogP contribution in [0.4, 0.5) is 0 Å². The number of amides is 1. The van der Waals surface area contributed by atoms with Gasteiger partial charge in [0.2, 0.25) is 5.91 Å². The topological polar surface area (TPSA) is 79.3 Å². The summed E-state index contributed by atoms with van der Waals surface area (Å²) in [7, 11) is 0. The van der Waals surface area contributed by atoms with Crippen LogP contribution < -0.4 is 5.32 Å². The molecular formula is C14H18N2O3. The Morgan fingerprint density at radius 2 is 2.26 bits per heavy atom. The van der Waals surface area contributed by atoms with Crippen molar-refractivity contribution in [2.75, 3.05) is 0 Å². The van der Waals surface area contributed by atoms with Crippen LogP contribution in [0.25, 0.3) is 0 Å². The number of carboxylic acid groups (broad SMARTS) is 1. The van der Waals surface area contributed by atoms with Crippen LogP contribution in [0, 0.1) is 5.41 Å². The number of aromatic nitrogens is 1. The van der Waals surface area contributed by atoms with Gasteiger partial charge in [0, 0.05) is 18.4 Å². The third kappa shape index (κ3) is 3.30. The van der Waals surface area contributed by atoms with Gasteiger partial charge in [0.25, 0.3) is 0 Å². The van der Waals surface area contributed by atoms with E-state index in [4.69, 9.17) is 0 Å². The summed E-state index contributed by atoms with van der Waals surface area (Å²) < 4.78 is 0. The molecule has 0 bridgehead atoms. The van der Waals surface area contributed by atoms with E-state index in [1.54, 1.807) is 18.5 Å². The second-order valence-corrected chi connectivity index (χ2v) is 5.25. The number of aryl methyl sites for hydroxylation is 1. The predicted molar refractivity (Wildman–Crippen MR) is 69.5 cm³/mol. The van der Waals surface area contributed by atoms with Gasteiger partial charge >= 0.3 is 5.97 Å². The molecule has 5 nitrogen and oxygen atoms in total. The largest absolute Gasteiger partial charge is 0.480 e. The number of carboxylic acids is 1. The minimum absolute atomic E-state index is 0.171. The molecule has 1 aliphatic rings. The third-order valence-corrected chi connectivity index (χ3v) is 3.52. The van der Waals surface area contributed by atoms with Gasteiger partial charge in [-0.1, -0.05) is 6.07 Å². The molecule has 1 aliphatic carbocycles. The number of nitrogens with one attached hydrogen (secondary N) is 1. The number of nitrogens with zero attached hydrogens (tertiary/aromatic N) is 1. The fraction of sp³-hybridized carbons (Fsp3) is 0.500. The average Bonchev–Trinajstić information content (AvgIpc) is 3.20. The summed E-state index contributed by atoms with van der Waals surface area (Å²) in [5.41, 5.74) is -0.437. The lowest BCUT2D eigenvalue weighted by molar-refractivity contribution is -0.155. The van der Waals surface area contributed by atoms with E-state index < -0.39 is 11.4 Å². The molecule has 2 N–H and O–H groups in total. The van der Waals surface area contributed by atoms with E-state index in [1.807, 2.05) is 6.07 Å². The van der Waals surface area contributed by atoms with E-state index in [-0.39, 0.29) is 18.4 Å². The summed E-state index contributed by atoms with van der Waals surface area (Å²) >= 11 is 0. The van der Waals surface area contributed by atoms with Crippen molar-refractivity contribution < 1.29 is 14.7 Å². The van der Waals surface area contributed by atoms with E-state index in [9.17, 15) is 14.7 Å². The molecule has 0 spiro atoms. The third-order valence-electron chi connectivity index (χ3n) is 3.52. The highest BCUT2D eigenvalue weighted by Crippen LogP contribution is 2.27. The monoisotopic (exact) mass is 262 g/mol. The van der Waals surface area contributed by atoms with Crippen molar-refractivity contribution in [2.45, 2.75) is 38.6 Å². The first-order chi connectivity index (χ1) is 9.02. The van der Waals surface area contributed by atoms with Crippen molar-refractivity contribution in [3.05, 3.63) is 30.1 Å². The molecular weight excluding hydrogens is 244 g/mol. The van der Waals surface area contributed by atoms with Crippen LogP contribution in [-0.2, 0) is 16.0 Å². The number of aliphatic carboxylic acids is 1.